The van der Waals surface area contributed by atoms with Crippen LogP contribution in [0.2, 0.25) is 0 Å². The molecule has 10 nitrogen and oxygen atoms in total. The van der Waals surface area contributed by atoms with Gasteiger partial charge in [-0.05, 0) is 6.42 Å². The Kier molecular flexibility index (Phi) is 4.33. The van der Waals surface area contributed by atoms with Crippen molar-refractivity contribution in [1.82, 2.24) is 28.9 Å². The summed E-state index contributed by atoms with van der Waals surface area (Å²) in [5, 5.41) is 0. The molecule has 1 atom stereocenters. The Morgan fingerprint density at radius 2 is 2.04 bits per heavy atom. The maximum absolute atomic E-state index is 12.5. The molecule has 0 saturated carbocycles. The monoisotopic (exact) mass is 392 g/mol. The Bertz CT molecular complexity index is 1030. The highest BCUT2D eigenvalue weighted by molar-refractivity contribution is 7.99. The molecule has 2 aromatic heterocycles. The molecule has 27 heavy (non-hydrogen) atoms. The Hall–Kier alpha value is -2.56. The molecule has 0 aliphatic carbocycles. The maximum atomic E-state index is 12.5. The first-order valence-electron chi connectivity index (χ1n) is 8.82. The Balaban J connectivity index is 1.75. The Morgan fingerprint density at radius 3 is 2.74 bits per heavy atom. The van der Waals surface area contributed by atoms with Crippen LogP contribution >= 0.6 is 11.8 Å². The average Bonchev–Trinajstić information content (AvgIpc) is 3.28. The molecule has 2 aromatic rings. The van der Waals surface area contributed by atoms with Crippen LogP contribution < -0.4 is 11.2 Å². The zero-order valence-corrected chi connectivity index (χ0v) is 15.9. The van der Waals surface area contributed by atoms with Crippen molar-refractivity contribution in [2.45, 2.75) is 38.9 Å². The largest absolute Gasteiger partial charge is 0.330 e. The number of fused-ring (bicyclic) bond motifs is 2. The van der Waals surface area contributed by atoms with Crippen LogP contribution in [0, 0.1) is 0 Å². The number of rotatable bonds is 5. The fraction of sp³-hybridized carbons (Fsp3) is 0.562. The summed E-state index contributed by atoms with van der Waals surface area (Å²) in [5.74, 6) is 1.25. The molecule has 3 amide bonds. The predicted octanol–water partition coefficient (Wildman–Crippen LogP) is 0.0605. The summed E-state index contributed by atoms with van der Waals surface area (Å²) in [7, 11) is 1.65. The average molecular weight is 392 g/mol. The molecule has 0 aromatic carbocycles. The van der Waals surface area contributed by atoms with Gasteiger partial charge in [0.25, 0.3) is 11.5 Å². The van der Waals surface area contributed by atoms with Gasteiger partial charge in [0.05, 0.1) is 12.4 Å². The highest BCUT2D eigenvalue weighted by Crippen LogP contribution is 2.30. The van der Waals surface area contributed by atoms with Gasteiger partial charge in [-0.3, -0.25) is 24.0 Å². The summed E-state index contributed by atoms with van der Waals surface area (Å²) in [6.07, 6.45) is 1.66. The Labute approximate surface area is 158 Å². The van der Waals surface area contributed by atoms with Crippen molar-refractivity contribution < 1.29 is 9.59 Å². The smallest absolute Gasteiger partial charge is 0.324 e. The zero-order valence-electron chi connectivity index (χ0n) is 15.1. The lowest BCUT2D eigenvalue weighted by molar-refractivity contribution is -0.128. The van der Waals surface area contributed by atoms with E-state index in [4.69, 9.17) is 0 Å². The van der Waals surface area contributed by atoms with E-state index in [1.807, 2.05) is 6.92 Å². The van der Waals surface area contributed by atoms with Gasteiger partial charge >= 0.3 is 11.7 Å². The van der Waals surface area contributed by atoms with Gasteiger partial charge in [0.1, 0.15) is 11.9 Å². The van der Waals surface area contributed by atoms with E-state index in [1.165, 1.54) is 9.47 Å². The second-order valence-electron chi connectivity index (χ2n) is 6.72. The number of aromatic nitrogens is 4. The molecule has 4 heterocycles. The van der Waals surface area contributed by atoms with Crippen molar-refractivity contribution in [3.63, 3.8) is 0 Å². The van der Waals surface area contributed by atoms with E-state index in [9.17, 15) is 19.2 Å². The van der Waals surface area contributed by atoms with Gasteiger partial charge in [-0.1, -0.05) is 13.3 Å². The fourth-order valence-electron chi connectivity index (χ4n) is 3.51. The molecule has 1 N–H and O–H groups in total. The number of aromatic amines is 1. The van der Waals surface area contributed by atoms with Gasteiger partial charge in [-0.15, -0.1) is 11.8 Å². The van der Waals surface area contributed by atoms with Gasteiger partial charge < -0.3 is 9.47 Å². The van der Waals surface area contributed by atoms with Crippen molar-refractivity contribution >= 4 is 34.9 Å². The molecule has 4 rings (SSSR count). The number of thioether (sulfide) groups is 1. The van der Waals surface area contributed by atoms with Crippen molar-refractivity contribution in [1.29, 1.82) is 0 Å². The summed E-state index contributed by atoms with van der Waals surface area (Å²) >= 11 is 1.56. The number of urea groups is 1. The first-order chi connectivity index (χ1) is 12.9. The highest BCUT2D eigenvalue weighted by Gasteiger charge is 2.48. The number of carbonyl (C=O) groups is 2. The van der Waals surface area contributed by atoms with E-state index >= 15 is 0 Å². The quantitative estimate of drug-likeness (QED) is 0.720. The third-order valence-electron chi connectivity index (χ3n) is 5.05. The first-order valence-corrected chi connectivity index (χ1v) is 9.97. The topological polar surface area (TPSA) is 113 Å². The number of nitrogens with zero attached hydrogens (tertiary/aromatic N) is 5. The molecule has 144 valence electrons. The predicted molar refractivity (Wildman–Crippen MR) is 99.4 cm³/mol. The molecule has 0 radical (unpaired) electrons. The van der Waals surface area contributed by atoms with Gasteiger partial charge in [0, 0.05) is 19.3 Å². The van der Waals surface area contributed by atoms with Crippen LogP contribution in [0.15, 0.2) is 9.59 Å². The number of H-pyrrole nitrogens is 1. The summed E-state index contributed by atoms with van der Waals surface area (Å²) in [6, 6.07) is -0.748. The minimum atomic E-state index is -0.528. The molecule has 2 saturated heterocycles. The molecule has 2 fully saturated rings. The van der Waals surface area contributed by atoms with Crippen LogP contribution in [-0.2, 0) is 24.9 Å². The second kappa shape index (κ2) is 6.55. The third kappa shape index (κ3) is 2.68. The number of hydrogen-bond donors (Lipinski definition) is 1. The van der Waals surface area contributed by atoms with E-state index < -0.39 is 17.3 Å². The lowest BCUT2D eigenvalue weighted by Crippen LogP contribution is -2.33. The van der Waals surface area contributed by atoms with E-state index in [2.05, 4.69) is 9.97 Å². The van der Waals surface area contributed by atoms with Crippen LogP contribution in [0.1, 0.15) is 25.6 Å². The number of carbonyl (C=O) groups excluding carboxylic acids is 2. The van der Waals surface area contributed by atoms with Gasteiger partial charge in [0.15, 0.2) is 11.2 Å². The van der Waals surface area contributed by atoms with Crippen molar-refractivity contribution in [2.24, 2.45) is 7.05 Å². The molecular formula is C16H20N6O4S. The standard InChI is InChI=1S/C16H20N6O4S/c1-3-4-5-20-12-11(13(23)18-15(20)25)19(2)10(17-12)6-21-14(24)9-7-27-8-22(9)16(21)26/h9H,3-8H2,1-2H3,(H,18,23,25)/t9-/m0/s1. The zero-order chi connectivity index (χ0) is 19.3. The molecule has 0 unspecified atom stereocenters. The summed E-state index contributed by atoms with van der Waals surface area (Å²) in [5.41, 5.74) is -0.489. The van der Waals surface area contributed by atoms with E-state index in [0.717, 1.165) is 12.8 Å². The molecule has 2 aliphatic rings. The highest BCUT2D eigenvalue weighted by atomic mass is 32.2. The van der Waals surface area contributed by atoms with E-state index in [-0.39, 0.29) is 29.6 Å². The normalized spacial score (nSPS) is 19.6. The number of hydrogen-bond acceptors (Lipinski definition) is 6. The lowest BCUT2D eigenvalue weighted by Gasteiger charge is -2.14. The van der Waals surface area contributed by atoms with Crippen molar-refractivity contribution in [2.75, 3.05) is 11.6 Å². The number of unbranched alkanes of at least 4 members (excludes halogenated alkanes) is 1. The lowest BCUT2D eigenvalue weighted by atomic mass is 10.3. The van der Waals surface area contributed by atoms with Gasteiger partial charge in [-0.2, -0.15) is 0 Å². The van der Waals surface area contributed by atoms with Crippen LogP contribution in [0.4, 0.5) is 4.79 Å². The number of nitrogens with one attached hydrogen (secondary N) is 1. The number of imide groups is 1. The molecule has 11 heteroatoms. The van der Waals surface area contributed by atoms with Crippen LogP contribution in [0.5, 0.6) is 0 Å². The number of imidazole rings is 1. The van der Waals surface area contributed by atoms with Crippen LogP contribution in [-0.4, -0.2) is 58.5 Å². The summed E-state index contributed by atoms with van der Waals surface area (Å²) in [6.45, 7) is 2.42. The van der Waals surface area contributed by atoms with Gasteiger partial charge in [-0.25, -0.2) is 14.6 Å². The summed E-state index contributed by atoms with van der Waals surface area (Å²) < 4.78 is 2.99. The first kappa shape index (κ1) is 17.8. The number of amides is 3. The molecule has 0 spiro atoms. The van der Waals surface area contributed by atoms with Gasteiger partial charge in [0.2, 0.25) is 0 Å². The Morgan fingerprint density at radius 1 is 1.26 bits per heavy atom. The number of aryl methyl sites for hydroxylation is 2. The maximum Gasteiger partial charge on any atom is 0.330 e. The third-order valence-corrected chi connectivity index (χ3v) is 6.06. The van der Waals surface area contributed by atoms with E-state index in [1.54, 1.807) is 28.3 Å². The molecular weight excluding hydrogens is 372 g/mol. The fourth-order valence-corrected chi connectivity index (χ4v) is 4.65. The molecule has 0 bridgehead atoms. The van der Waals surface area contributed by atoms with Crippen molar-refractivity contribution in [3.05, 3.63) is 26.7 Å². The minimum Gasteiger partial charge on any atom is -0.324 e. The van der Waals surface area contributed by atoms with Crippen LogP contribution in [0.25, 0.3) is 11.2 Å². The van der Waals surface area contributed by atoms with Crippen LogP contribution in [0.3, 0.4) is 0 Å². The summed E-state index contributed by atoms with van der Waals surface area (Å²) in [4.78, 5) is 59.1. The SMILES string of the molecule is CCCCn1c(=O)[nH]c(=O)c2c1nc(CN1C(=O)[C@@H]3CSCN3C1=O)n2C. The van der Waals surface area contributed by atoms with E-state index in [0.29, 0.717) is 24.0 Å². The van der Waals surface area contributed by atoms with Crippen molar-refractivity contribution in [3.8, 4) is 0 Å². The molecule has 2 aliphatic heterocycles. The second-order valence-corrected chi connectivity index (χ2v) is 7.72. The minimum absolute atomic E-state index is 0.0259.